The molecule has 1 aromatic heterocycles. The summed E-state index contributed by atoms with van der Waals surface area (Å²) in [7, 11) is 1.54. The van der Waals surface area contributed by atoms with Crippen LogP contribution in [-0.4, -0.2) is 47.4 Å². The van der Waals surface area contributed by atoms with Crippen LogP contribution in [0.4, 0.5) is 0 Å². The van der Waals surface area contributed by atoms with Crippen molar-refractivity contribution in [1.82, 2.24) is 10.1 Å². The number of hydrogen-bond acceptors (Lipinski definition) is 5. The molecule has 1 heterocycles. The fourth-order valence-electron chi connectivity index (χ4n) is 1.47. The molecule has 0 aliphatic heterocycles. The number of carbonyl (C=O) groups excluding carboxylic acids is 1. The van der Waals surface area contributed by atoms with Crippen LogP contribution in [-0.2, 0) is 11.3 Å². The Morgan fingerprint density at radius 1 is 1.65 bits per heavy atom. The Hall–Kier alpha value is -1.40. The van der Waals surface area contributed by atoms with E-state index in [1.165, 1.54) is 12.0 Å². The SMILES string of the molecule is COCc1cc(C(=O)N(CCO)C(C)C)no1. The molecule has 0 unspecified atom stereocenters. The number of ether oxygens (including phenoxy) is 1. The number of carbonyl (C=O) groups is 1. The number of hydrogen-bond donors (Lipinski definition) is 1. The third-order valence-corrected chi connectivity index (χ3v) is 2.29. The normalized spacial score (nSPS) is 10.9. The number of aromatic nitrogens is 1. The monoisotopic (exact) mass is 242 g/mol. The summed E-state index contributed by atoms with van der Waals surface area (Å²) in [5.74, 6) is 0.253. The van der Waals surface area contributed by atoms with E-state index in [0.29, 0.717) is 5.76 Å². The van der Waals surface area contributed by atoms with E-state index in [1.54, 1.807) is 6.07 Å². The Labute approximate surface area is 100 Å². The molecule has 1 amide bonds. The van der Waals surface area contributed by atoms with E-state index in [1.807, 2.05) is 13.8 Å². The first-order valence-electron chi connectivity index (χ1n) is 5.46. The zero-order valence-electron chi connectivity index (χ0n) is 10.3. The van der Waals surface area contributed by atoms with Gasteiger partial charge in [-0.2, -0.15) is 0 Å². The maximum absolute atomic E-state index is 12.0. The van der Waals surface area contributed by atoms with Crippen molar-refractivity contribution in [3.8, 4) is 0 Å². The third kappa shape index (κ3) is 3.54. The summed E-state index contributed by atoms with van der Waals surface area (Å²) >= 11 is 0. The van der Waals surface area contributed by atoms with Gasteiger partial charge in [0.25, 0.3) is 5.91 Å². The molecule has 17 heavy (non-hydrogen) atoms. The van der Waals surface area contributed by atoms with Gasteiger partial charge in [0.05, 0.1) is 6.61 Å². The molecule has 0 fully saturated rings. The molecule has 0 aliphatic rings. The second-order valence-corrected chi connectivity index (χ2v) is 3.93. The van der Waals surface area contributed by atoms with Crippen molar-refractivity contribution >= 4 is 5.91 Å². The highest BCUT2D eigenvalue weighted by Crippen LogP contribution is 2.10. The molecule has 0 saturated carbocycles. The van der Waals surface area contributed by atoms with E-state index in [2.05, 4.69) is 5.16 Å². The number of methoxy groups -OCH3 is 1. The van der Waals surface area contributed by atoms with Crippen molar-refractivity contribution in [3.63, 3.8) is 0 Å². The number of aliphatic hydroxyl groups is 1. The van der Waals surface area contributed by atoms with E-state index in [9.17, 15) is 4.79 Å². The summed E-state index contributed by atoms with van der Waals surface area (Å²) in [4.78, 5) is 13.6. The molecule has 1 rings (SSSR count). The maximum Gasteiger partial charge on any atom is 0.276 e. The van der Waals surface area contributed by atoms with E-state index < -0.39 is 0 Å². The smallest absolute Gasteiger partial charge is 0.276 e. The Balaban J connectivity index is 2.78. The number of amides is 1. The van der Waals surface area contributed by atoms with Crippen molar-refractivity contribution in [2.45, 2.75) is 26.5 Å². The van der Waals surface area contributed by atoms with Gasteiger partial charge in [-0.3, -0.25) is 4.79 Å². The molecular weight excluding hydrogens is 224 g/mol. The van der Waals surface area contributed by atoms with Gasteiger partial charge in [-0.15, -0.1) is 0 Å². The van der Waals surface area contributed by atoms with E-state index in [-0.39, 0.29) is 37.4 Å². The van der Waals surface area contributed by atoms with Crippen molar-refractivity contribution in [2.75, 3.05) is 20.3 Å². The highest BCUT2D eigenvalue weighted by Gasteiger charge is 2.21. The number of aliphatic hydroxyl groups excluding tert-OH is 1. The summed E-state index contributed by atoms with van der Waals surface area (Å²) in [6, 6.07) is 1.55. The minimum absolute atomic E-state index is 0.00257. The second kappa shape index (κ2) is 6.36. The predicted octanol–water partition coefficient (Wildman–Crippen LogP) is 0.664. The summed E-state index contributed by atoms with van der Waals surface area (Å²) in [5, 5.41) is 12.6. The highest BCUT2D eigenvalue weighted by molar-refractivity contribution is 5.92. The summed E-state index contributed by atoms with van der Waals surface area (Å²) in [5.41, 5.74) is 0.235. The largest absolute Gasteiger partial charge is 0.395 e. The van der Waals surface area contributed by atoms with Crippen LogP contribution < -0.4 is 0 Å². The summed E-state index contributed by atoms with van der Waals surface area (Å²) < 4.78 is 9.83. The third-order valence-electron chi connectivity index (χ3n) is 2.29. The lowest BCUT2D eigenvalue weighted by atomic mass is 10.2. The van der Waals surface area contributed by atoms with Gasteiger partial charge in [-0.05, 0) is 13.8 Å². The van der Waals surface area contributed by atoms with E-state index in [0.717, 1.165) is 0 Å². The molecule has 6 nitrogen and oxygen atoms in total. The zero-order chi connectivity index (χ0) is 12.8. The summed E-state index contributed by atoms with van der Waals surface area (Å²) in [6.07, 6.45) is 0. The Kier molecular flexibility index (Phi) is 5.11. The van der Waals surface area contributed by atoms with Gasteiger partial charge in [-0.1, -0.05) is 5.16 Å². The molecule has 0 aliphatic carbocycles. The number of nitrogens with zero attached hydrogens (tertiary/aromatic N) is 2. The first-order valence-corrected chi connectivity index (χ1v) is 5.46. The van der Waals surface area contributed by atoms with Crippen molar-refractivity contribution < 1.29 is 19.2 Å². The van der Waals surface area contributed by atoms with Crippen LogP contribution in [0.1, 0.15) is 30.1 Å². The quantitative estimate of drug-likeness (QED) is 0.793. The van der Waals surface area contributed by atoms with Crippen LogP contribution in [0.15, 0.2) is 10.6 Å². The van der Waals surface area contributed by atoms with Crippen molar-refractivity contribution in [1.29, 1.82) is 0 Å². The molecule has 0 spiro atoms. The van der Waals surface area contributed by atoms with Crippen LogP contribution in [0.25, 0.3) is 0 Å². The molecule has 1 aromatic rings. The fourth-order valence-corrected chi connectivity index (χ4v) is 1.47. The van der Waals surface area contributed by atoms with Crippen LogP contribution in [0.3, 0.4) is 0 Å². The lowest BCUT2D eigenvalue weighted by Gasteiger charge is -2.24. The summed E-state index contributed by atoms with van der Waals surface area (Å²) in [6.45, 7) is 4.24. The number of rotatable bonds is 6. The average molecular weight is 242 g/mol. The first-order chi connectivity index (χ1) is 8.10. The zero-order valence-corrected chi connectivity index (χ0v) is 10.3. The molecular formula is C11H18N2O4. The van der Waals surface area contributed by atoms with Gasteiger partial charge >= 0.3 is 0 Å². The molecule has 0 atom stereocenters. The van der Waals surface area contributed by atoms with Crippen LogP contribution in [0, 0.1) is 0 Å². The van der Waals surface area contributed by atoms with Crippen LogP contribution in [0.5, 0.6) is 0 Å². The molecule has 1 N–H and O–H groups in total. The lowest BCUT2D eigenvalue weighted by molar-refractivity contribution is 0.0654. The van der Waals surface area contributed by atoms with Crippen molar-refractivity contribution in [2.24, 2.45) is 0 Å². The molecule has 0 bridgehead atoms. The van der Waals surface area contributed by atoms with Gasteiger partial charge in [0.2, 0.25) is 0 Å². The van der Waals surface area contributed by atoms with Crippen LogP contribution in [0.2, 0.25) is 0 Å². The van der Waals surface area contributed by atoms with Gasteiger partial charge in [0.1, 0.15) is 6.61 Å². The Morgan fingerprint density at radius 2 is 2.35 bits per heavy atom. The van der Waals surface area contributed by atoms with Gasteiger partial charge in [0.15, 0.2) is 11.5 Å². The van der Waals surface area contributed by atoms with Gasteiger partial charge in [-0.25, -0.2) is 0 Å². The average Bonchev–Trinajstić information content (AvgIpc) is 2.73. The highest BCUT2D eigenvalue weighted by atomic mass is 16.5. The second-order valence-electron chi connectivity index (χ2n) is 3.93. The van der Waals surface area contributed by atoms with E-state index >= 15 is 0 Å². The molecule has 96 valence electrons. The molecule has 0 aromatic carbocycles. The topological polar surface area (TPSA) is 75.8 Å². The standard InChI is InChI=1S/C11H18N2O4/c1-8(2)13(4-5-14)11(15)10-6-9(7-16-3)17-12-10/h6,8,14H,4-5,7H2,1-3H3. The molecule has 0 saturated heterocycles. The minimum Gasteiger partial charge on any atom is -0.395 e. The fraction of sp³-hybridized carbons (Fsp3) is 0.636. The molecule has 0 radical (unpaired) electrons. The maximum atomic E-state index is 12.0. The Bertz CT molecular complexity index is 362. The van der Waals surface area contributed by atoms with E-state index in [4.69, 9.17) is 14.4 Å². The van der Waals surface area contributed by atoms with Crippen molar-refractivity contribution in [3.05, 3.63) is 17.5 Å². The van der Waals surface area contributed by atoms with Crippen LogP contribution >= 0.6 is 0 Å². The Morgan fingerprint density at radius 3 is 2.88 bits per heavy atom. The van der Waals surface area contributed by atoms with Gasteiger partial charge in [0, 0.05) is 25.8 Å². The lowest BCUT2D eigenvalue weighted by Crippen LogP contribution is -2.39. The predicted molar refractivity (Wildman–Crippen MR) is 60.5 cm³/mol. The first kappa shape index (κ1) is 13.7. The van der Waals surface area contributed by atoms with Gasteiger partial charge < -0.3 is 19.3 Å². The minimum atomic E-state index is -0.250. The molecule has 6 heteroatoms.